The van der Waals surface area contributed by atoms with Gasteiger partial charge in [-0.2, -0.15) is 18.3 Å². The van der Waals surface area contributed by atoms with Crippen LogP contribution in [0.5, 0.6) is 0 Å². The van der Waals surface area contributed by atoms with E-state index in [9.17, 15) is 18.0 Å². The molecule has 3 rings (SSSR count). The van der Waals surface area contributed by atoms with E-state index in [-0.39, 0.29) is 23.7 Å². The fourth-order valence-corrected chi connectivity index (χ4v) is 3.20. The van der Waals surface area contributed by atoms with E-state index in [4.69, 9.17) is 0 Å². The number of anilines is 1. The van der Waals surface area contributed by atoms with Gasteiger partial charge < -0.3 is 10.6 Å². The van der Waals surface area contributed by atoms with Gasteiger partial charge in [0.1, 0.15) is 0 Å². The summed E-state index contributed by atoms with van der Waals surface area (Å²) in [7, 11) is 0. The predicted octanol–water partition coefficient (Wildman–Crippen LogP) is 4.86. The highest BCUT2D eigenvalue weighted by Crippen LogP contribution is 2.32. The maximum atomic E-state index is 13.2. The average molecular weight is 433 g/mol. The topological polar surface area (TPSA) is 71.8 Å². The highest BCUT2D eigenvalue weighted by atomic mass is 19.4. The number of rotatable bonds is 7. The fraction of sp³-hybridized carbons (Fsp3) is 0.409. The van der Waals surface area contributed by atoms with E-state index in [0.717, 1.165) is 6.07 Å². The minimum Gasteiger partial charge on any atom is -0.381 e. The van der Waals surface area contributed by atoms with E-state index in [1.54, 1.807) is 10.9 Å². The van der Waals surface area contributed by atoms with Crippen molar-refractivity contribution in [2.75, 3.05) is 5.32 Å². The van der Waals surface area contributed by atoms with Crippen molar-refractivity contribution in [2.45, 2.75) is 53.0 Å². The molecule has 2 heterocycles. The van der Waals surface area contributed by atoms with Crippen LogP contribution in [-0.4, -0.2) is 26.7 Å². The molecule has 0 saturated carbocycles. The van der Waals surface area contributed by atoms with Crippen LogP contribution in [0.4, 0.5) is 18.9 Å². The van der Waals surface area contributed by atoms with Crippen LogP contribution in [-0.2, 0) is 19.3 Å². The Balaban J connectivity index is 1.94. The minimum atomic E-state index is -4.49. The Bertz CT molecular complexity index is 1070. The Morgan fingerprint density at radius 2 is 1.87 bits per heavy atom. The number of carbonyl (C=O) groups is 1. The summed E-state index contributed by atoms with van der Waals surface area (Å²) in [4.78, 5) is 17.3. The molecule has 0 radical (unpaired) electrons. The molecule has 0 saturated heterocycles. The molecule has 0 aliphatic carbocycles. The average Bonchev–Trinajstić information content (AvgIpc) is 3.15. The number of aromatic nitrogens is 3. The molecule has 3 aromatic rings. The van der Waals surface area contributed by atoms with Crippen LogP contribution in [0.15, 0.2) is 36.7 Å². The van der Waals surface area contributed by atoms with Gasteiger partial charge in [0.25, 0.3) is 5.91 Å². The van der Waals surface area contributed by atoms with Gasteiger partial charge in [-0.3, -0.25) is 4.79 Å². The summed E-state index contributed by atoms with van der Waals surface area (Å²) < 4.78 is 41.5. The Morgan fingerprint density at radius 1 is 1.16 bits per heavy atom. The van der Waals surface area contributed by atoms with Crippen LogP contribution >= 0.6 is 0 Å². The second kappa shape index (κ2) is 8.95. The Kier molecular flexibility index (Phi) is 6.52. The third-order valence-corrected chi connectivity index (χ3v) is 5.34. The molecular formula is C22H26F3N5O. The Labute approximate surface area is 178 Å². The molecule has 1 atom stereocenters. The number of alkyl halides is 3. The minimum absolute atomic E-state index is 0.00116. The van der Waals surface area contributed by atoms with E-state index in [1.807, 2.05) is 13.8 Å². The highest BCUT2D eigenvalue weighted by molar-refractivity contribution is 6.06. The van der Waals surface area contributed by atoms with Crippen molar-refractivity contribution >= 4 is 22.6 Å². The summed E-state index contributed by atoms with van der Waals surface area (Å²) in [6.45, 7) is 8.42. The molecule has 31 heavy (non-hydrogen) atoms. The number of nitrogens with one attached hydrogen (secondary N) is 2. The molecule has 0 fully saturated rings. The molecule has 0 aliphatic heterocycles. The second-order valence-corrected chi connectivity index (χ2v) is 7.76. The lowest BCUT2D eigenvalue weighted by atomic mass is 10.0. The van der Waals surface area contributed by atoms with Crippen molar-refractivity contribution in [3.63, 3.8) is 0 Å². The van der Waals surface area contributed by atoms with Gasteiger partial charge >= 0.3 is 6.18 Å². The van der Waals surface area contributed by atoms with Gasteiger partial charge in [-0.25, -0.2) is 9.67 Å². The first-order valence-electron chi connectivity index (χ1n) is 10.2. The fourth-order valence-electron chi connectivity index (χ4n) is 3.20. The first-order valence-corrected chi connectivity index (χ1v) is 10.2. The van der Waals surface area contributed by atoms with Crippen molar-refractivity contribution in [2.24, 2.45) is 5.92 Å². The van der Waals surface area contributed by atoms with Crippen LogP contribution < -0.4 is 10.6 Å². The van der Waals surface area contributed by atoms with E-state index in [2.05, 4.69) is 34.6 Å². The van der Waals surface area contributed by atoms with Crippen molar-refractivity contribution in [3.8, 4) is 0 Å². The van der Waals surface area contributed by atoms with Crippen LogP contribution in [0.1, 0.15) is 49.2 Å². The van der Waals surface area contributed by atoms with E-state index < -0.39 is 17.6 Å². The molecule has 0 spiro atoms. The first-order chi connectivity index (χ1) is 14.6. The van der Waals surface area contributed by atoms with Gasteiger partial charge in [-0.1, -0.05) is 32.0 Å². The van der Waals surface area contributed by atoms with E-state index in [0.29, 0.717) is 29.2 Å². The monoisotopic (exact) mass is 433 g/mol. The number of fused-ring (bicyclic) bond motifs is 1. The molecule has 1 amide bonds. The first kappa shape index (κ1) is 22.6. The molecule has 1 aromatic carbocycles. The molecule has 0 unspecified atom stereocenters. The van der Waals surface area contributed by atoms with E-state index >= 15 is 0 Å². The van der Waals surface area contributed by atoms with Gasteiger partial charge in [0.15, 0.2) is 5.65 Å². The zero-order valence-corrected chi connectivity index (χ0v) is 17.9. The van der Waals surface area contributed by atoms with Gasteiger partial charge in [0.05, 0.1) is 28.4 Å². The summed E-state index contributed by atoms with van der Waals surface area (Å²) in [5.74, 6) is -0.215. The summed E-state index contributed by atoms with van der Waals surface area (Å²) in [6.07, 6.45) is -1.40. The lowest BCUT2D eigenvalue weighted by Gasteiger charge is -2.21. The maximum Gasteiger partial charge on any atom is 0.416 e. The number of amides is 1. The summed E-state index contributed by atoms with van der Waals surface area (Å²) in [5.41, 5.74) is 0.716. The number of hydrogen-bond acceptors (Lipinski definition) is 4. The van der Waals surface area contributed by atoms with Crippen LogP contribution in [0, 0.1) is 5.92 Å². The van der Waals surface area contributed by atoms with Gasteiger partial charge in [-0.05, 0) is 31.4 Å². The van der Waals surface area contributed by atoms with Crippen LogP contribution in [0.3, 0.4) is 0 Å². The SMILES string of the molecule is CCn1ncc2c(N[C@@H](C)C(C)C)c(C(=O)NCc3ccccc3C(F)(F)F)cnc21. The number of benzene rings is 1. The number of hydrogen-bond donors (Lipinski definition) is 2. The summed E-state index contributed by atoms with van der Waals surface area (Å²) >= 11 is 0. The smallest absolute Gasteiger partial charge is 0.381 e. The molecule has 9 heteroatoms. The molecular weight excluding hydrogens is 407 g/mol. The highest BCUT2D eigenvalue weighted by Gasteiger charge is 2.33. The number of nitrogens with zero attached hydrogens (tertiary/aromatic N) is 3. The Hall–Kier alpha value is -3.10. The molecule has 6 nitrogen and oxygen atoms in total. The van der Waals surface area contributed by atoms with E-state index in [1.165, 1.54) is 24.4 Å². The van der Waals surface area contributed by atoms with Gasteiger partial charge in [-0.15, -0.1) is 0 Å². The van der Waals surface area contributed by atoms with Gasteiger partial charge in [0.2, 0.25) is 0 Å². The predicted molar refractivity (Wildman–Crippen MR) is 114 cm³/mol. The molecule has 0 aliphatic rings. The molecule has 2 N–H and O–H groups in total. The zero-order chi connectivity index (χ0) is 22.8. The number of halogens is 3. The summed E-state index contributed by atoms with van der Waals surface area (Å²) in [6, 6.07) is 5.25. The normalized spacial score (nSPS) is 12.9. The number of pyridine rings is 1. The standard InChI is InChI=1S/C22H26F3N5O/c1-5-30-20-16(12-28-30)19(29-14(4)13(2)3)17(11-26-20)21(31)27-10-15-8-6-7-9-18(15)22(23,24)25/h6-9,11-14H,5,10H2,1-4H3,(H,26,29)(H,27,31)/t14-/m0/s1. The van der Waals surface area contributed by atoms with Crippen molar-refractivity contribution in [3.05, 3.63) is 53.3 Å². The van der Waals surface area contributed by atoms with Crippen molar-refractivity contribution in [1.82, 2.24) is 20.1 Å². The number of carbonyl (C=O) groups excluding carboxylic acids is 1. The summed E-state index contributed by atoms with van der Waals surface area (Å²) in [5, 5.41) is 11.0. The largest absolute Gasteiger partial charge is 0.416 e. The Morgan fingerprint density at radius 3 is 2.52 bits per heavy atom. The van der Waals surface area contributed by atoms with Crippen molar-refractivity contribution in [1.29, 1.82) is 0 Å². The van der Waals surface area contributed by atoms with Gasteiger partial charge in [0, 0.05) is 25.3 Å². The van der Waals surface area contributed by atoms with Crippen molar-refractivity contribution < 1.29 is 18.0 Å². The van der Waals surface area contributed by atoms with Crippen LogP contribution in [0.2, 0.25) is 0 Å². The lowest BCUT2D eigenvalue weighted by molar-refractivity contribution is -0.138. The second-order valence-electron chi connectivity index (χ2n) is 7.76. The third-order valence-electron chi connectivity index (χ3n) is 5.34. The molecule has 2 aromatic heterocycles. The maximum absolute atomic E-state index is 13.2. The third kappa shape index (κ3) is 4.81. The lowest BCUT2D eigenvalue weighted by Crippen LogP contribution is -2.28. The molecule has 0 bridgehead atoms. The zero-order valence-electron chi connectivity index (χ0n) is 17.9. The molecule has 166 valence electrons. The quantitative estimate of drug-likeness (QED) is 0.558. The van der Waals surface area contributed by atoms with Crippen LogP contribution in [0.25, 0.3) is 11.0 Å². The number of aryl methyl sites for hydroxylation is 1.